The van der Waals surface area contributed by atoms with Crippen molar-refractivity contribution in [3.8, 4) is 0 Å². The molecule has 3 heteroatoms. The van der Waals surface area contributed by atoms with Gasteiger partial charge >= 0.3 is 0 Å². The Balaban J connectivity index is 1.73. The highest BCUT2D eigenvalue weighted by Crippen LogP contribution is 2.39. The van der Waals surface area contributed by atoms with E-state index in [1.165, 1.54) is 50.2 Å². The number of rotatable bonds is 1. The van der Waals surface area contributed by atoms with Gasteiger partial charge in [0.25, 0.3) is 0 Å². The Labute approximate surface area is 120 Å². The predicted molar refractivity (Wildman–Crippen MR) is 79.3 cm³/mol. The van der Waals surface area contributed by atoms with E-state index in [0.29, 0.717) is 11.8 Å². The summed E-state index contributed by atoms with van der Waals surface area (Å²) in [7, 11) is 0. The number of nitrogens with zero attached hydrogens (tertiary/aromatic N) is 2. The predicted octanol–water partition coefficient (Wildman–Crippen LogP) is 3.11. The van der Waals surface area contributed by atoms with Crippen LogP contribution in [-0.4, -0.2) is 34.4 Å². The molecule has 20 heavy (non-hydrogen) atoms. The molecule has 0 aromatic carbocycles. The Morgan fingerprint density at radius 2 is 1.95 bits per heavy atom. The third kappa shape index (κ3) is 1.79. The minimum Gasteiger partial charge on any atom is -0.344 e. The molecule has 2 fully saturated rings. The first-order valence-corrected chi connectivity index (χ1v) is 8.23. The van der Waals surface area contributed by atoms with Crippen molar-refractivity contribution < 1.29 is 4.79 Å². The summed E-state index contributed by atoms with van der Waals surface area (Å²) in [6.45, 7) is 4.72. The van der Waals surface area contributed by atoms with Crippen LogP contribution in [0.15, 0.2) is 6.07 Å². The van der Waals surface area contributed by atoms with Gasteiger partial charge in [-0.25, -0.2) is 0 Å². The lowest BCUT2D eigenvalue weighted by Crippen LogP contribution is -2.38. The normalized spacial score (nSPS) is 30.4. The Hall–Kier alpha value is -1.09. The molecular weight excluding hydrogens is 248 g/mol. The van der Waals surface area contributed by atoms with E-state index in [1.807, 2.05) is 0 Å². The zero-order valence-corrected chi connectivity index (χ0v) is 12.4. The molecule has 4 rings (SSSR count). The average Bonchev–Trinajstić information content (AvgIpc) is 3.00. The third-order valence-corrected chi connectivity index (χ3v) is 5.60. The second-order valence-electron chi connectivity index (χ2n) is 6.75. The molecule has 2 atom stereocenters. The maximum absolute atomic E-state index is 12.1. The molecular formula is C17H24N2O. The van der Waals surface area contributed by atoms with Gasteiger partial charge in [0.15, 0.2) is 5.78 Å². The largest absolute Gasteiger partial charge is 0.344 e. The molecule has 0 amide bonds. The molecule has 3 nitrogen and oxygen atoms in total. The number of Topliss-reactive ketones (excluding diaryl/α,β-unsaturated/α-hetero) is 1. The smallest absolute Gasteiger partial charge is 0.164 e. The Morgan fingerprint density at radius 3 is 2.85 bits per heavy atom. The van der Waals surface area contributed by atoms with Crippen LogP contribution in [0.1, 0.15) is 66.3 Å². The van der Waals surface area contributed by atoms with Crippen LogP contribution in [0.2, 0.25) is 0 Å². The standard InChI is InChI=1S/C17H24N2O/c1-12-11-13-14(6-4-7-17(13)20)19(12)16-8-10-18-9-3-2-5-15(16)18/h11,15-16H,2-10H2,1H3. The Morgan fingerprint density at radius 1 is 1.05 bits per heavy atom. The second-order valence-corrected chi connectivity index (χ2v) is 6.75. The monoisotopic (exact) mass is 272 g/mol. The number of ketones is 1. The molecule has 3 aliphatic rings. The number of hydrogen-bond acceptors (Lipinski definition) is 2. The highest BCUT2D eigenvalue weighted by molar-refractivity contribution is 5.98. The minimum atomic E-state index is 0.367. The SMILES string of the molecule is Cc1cc2c(n1C1CCN3CCCCC13)CCCC2=O. The van der Waals surface area contributed by atoms with Crippen LogP contribution >= 0.6 is 0 Å². The summed E-state index contributed by atoms with van der Waals surface area (Å²) in [5.41, 5.74) is 3.68. The number of aryl methyl sites for hydroxylation is 1. The van der Waals surface area contributed by atoms with Crippen molar-refractivity contribution in [2.75, 3.05) is 13.1 Å². The van der Waals surface area contributed by atoms with Crippen LogP contribution in [0.3, 0.4) is 0 Å². The van der Waals surface area contributed by atoms with Gasteiger partial charge in [0.05, 0.1) is 6.04 Å². The lowest BCUT2D eigenvalue weighted by molar-refractivity contribution is 0.0971. The van der Waals surface area contributed by atoms with Crippen molar-refractivity contribution >= 4 is 5.78 Å². The summed E-state index contributed by atoms with van der Waals surface area (Å²) in [5.74, 6) is 0.367. The molecule has 2 aliphatic heterocycles. The fourth-order valence-electron chi connectivity index (χ4n) is 4.74. The van der Waals surface area contributed by atoms with Crippen molar-refractivity contribution in [1.82, 2.24) is 9.47 Å². The zero-order valence-electron chi connectivity index (χ0n) is 12.4. The molecule has 108 valence electrons. The Kier molecular flexibility index (Phi) is 2.99. The second kappa shape index (κ2) is 4.73. The number of carbonyl (C=O) groups is 1. The van der Waals surface area contributed by atoms with Gasteiger partial charge in [0, 0.05) is 36.0 Å². The summed E-state index contributed by atoms with van der Waals surface area (Å²) in [4.78, 5) is 14.8. The van der Waals surface area contributed by atoms with E-state index in [0.717, 1.165) is 30.9 Å². The van der Waals surface area contributed by atoms with Crippen molar-refractivity contribution in [2.24, 2.45) is 0 Å². The van der Waals surface area contributed by atoms with E-state index in [2.05, 4.69) is 22.5 Å². The van der Waals surface area contributed by atoms with Gasteiger partial charge in [-0.2, -0.15) is 0 Å². The number of hydrogen-bond donors (Lipinski definition) is 0. The number of aromatic nitrogens is 1. The number of piperidine rings is 1. The van der Waals surface area contributed by atoms with Gasteiger partial charge in [-0.15, -0.1) is 0 Å². The fourth-order valence-corrected chi connectivity index (χ4v) is 4.74. The van der Waals surface area contributed by atoms with E-state index in [1.54, 1.807) is 0 Å². The van der Waals surface area contributed by atoms with Crippen LogP contribution in [-0.2, 0) is 6.42 Å². The minimum absolute atomic E-state index is 0.367. The molecule has 0 radical (unpaired) electrons. The summed E-state index contributed by atoms with van der Waals surface area (Å²) < 4.78 is 2.54. The van der Waals surface area contributed by atoms with E-state index in [-0.39, 0.29) is 0 Å². The number of carbonyl (C=O) groups excluding carboxylic acids is 1. The van der Waals surface area contributed by atoms with Crippen LogP contribution < -0.4 is 0 Å². The van der Waals surface area contributed by atoms with E-state index >= 15 is 0 Å². The van der Waals surface area contributed by atoms with E-state index < -0.39 is 0 Å². The van der Waals surface area contributed by atoms with Gasteiger partial charge in [-0.1, -0.05) is 6.42 Å². The van der Waals surface area contributed by atoms with Crippen LogP contribution in [0.4, 0.5) is 0 Å². The van der Waals surface area contributed by atoms with Crippen molar-refractivity contribution in [1.29, 1.82) is 0 Å². The molecule has 0 bridgehead atoms. The van der Waals surface area contributed by atoms with Gasteiger partial charge in [0.2, 0.25) is 0 Å². The molecule has 1 aromatic heterocycles. The Bertz CT molecular complexity index is 545. The van der Waals surface area contributed by atoms with Crippen molar-refractivity contribution in [3.63, 3.8) is 0 Å². The third-order valence-electron chi connectivity index (χ3n) is 5.60. The molecule has 0 N–H and O–H groups in total. The summed E-state index contributed by atoms with van der Waals surface area (Å²) in [5, 5.41) is 0. The molecule has 1 aromatic rings. The summed E-state index contributed by atoms with van der Waals surface area (Å²) >= 11 is 0. The topological polar surface area (TPSA) is 25.2 Å². The lowest BCUT2D eigenvalue weighted by Gasteiger charge is -2.34. The van der Waals surface area contributed by atoms with Gasteiger partial charge in [-0.05, 0) is 51.6 Å². The molecule has 0 spiro atoms. The fraction of sp³-hybridized carbons (Fsp3) is 0.706. The number of fused-ring (bicyclic) bond motifs is 2. The van der Waals surface area contributed by atoms with Crippen LogP contribution in [0.5, 0.6) is 0 Å². The van der Waals surface area contributed by atoms with Crippen LogP contribution in [0, 0.1) is 6.92 Å². The highest BCUT2D eigenvalue weighted by atomic mass is 16.1. The van der Waals surface area contributed by atoms with Gasteiger partial charge in [0.1, 0.15) is 0 Å². The summed E-state index contributed by atoms with van der Waals surface area (Å²) in [6.07, 6.45) is 8.22. The zero-order chi connectivity index (χ0) is 13.7. The maximum atomic E-state index is 12.1. The highest BCUT2D eigenvalue weighted by Gasteiger charge is 2.38. The average molecular weight is 272 g/mol. The molecule has 1 aliphatic carbocycles. The molecule has 2 saturated heterocycles. The van der Waals surface area contributed by atoms with Crippen molar-refractivity contribution in [3.05, 3.63) is 23.0 Å². The van der Waals surface area contributed by atoms with Gasteiger partial charge < -0.3 is 4.57 Å². The van der Waals surface area contributed by atoms with Gasteiger partial charge in [-0.3, -0.25) is 9.69 Å². The first-order valence-electron chi connectivity index (χ1n) is 8.23. The first kappa shape index (κ1) is 12.6. The van der Waals surface area contributed by atoms with Crippen LogP contribution in [0.25, 0.3) is 0 Å². The maximum Gasteiger partial charge on any atom is 0.164 e. The van der Waals surface area contributed by atoms with E-state index in [4.69, 9.17) is 0 Å². The molecule has 0 saturated carbocycles. The molecule has 2 unspecified atom stereocenters. The van der Waals surface area contributed by atoms with E-state index in [9.17, 15) is 4.79 Å². The van der Waals surface area contributed by atoms with Crippen molar-refractivity contribution in [2.45, 2.75) is 64.0 Å². The summed E-state index contributed by atoms with van der Waals surface area (Å²) in [6, 6.07) is 3.49. The molecule has 3 heterocycles. The quantitative estimate of drug-likeness (QED) is 0.785. The lowest BCUT2D eigenvalue weighted by atomic mass is 9.95. The first-order chi connectivity index (χ1) is 9.75.